The highest BCUT2D eigenvalue weighted by molar-refractivity contribution is 6.69. The highest BCUT2D eigenvalue weighted by atomic mass is 28.4. The Kier molecular flexibility index (Phi) is 10.4. The molecule has 0 rings (SSSR count). The van der Waals surface area contributed by atoms with E-state index in [4.69, 9.17) is 17.7 Å². The van der Waals surface area contributed by atoms with Gasteiger partial charge in [0.1, 0.15) is 0 Å². The van der Waals surface area contributed by atoms with Gasteiger partial charge in [-0.25, -0.2) is 0 Å². The zero-order chi connectivity index (χ0) is 23.4. The maximum absolute atomic E-state index is 6.65. The largest absolute Gasteiger partial charge is 0.389 e. The molecule has 0 spiro atoms. The molecule has 0 aliphatic rings. The van der Waals surface area contributed by atoms with Gasteiger partial charge in [0, 0.05) is 0 Å². The second-order valence-corrected chi connectivity index (χ2v) is 19.1. The second kappa shape index (κ2) is 10.3. The van der Waals surface area contributed by atoms with E-state index in [0.717, 1.165) is 30.6 Å². The van der Waals surface area contributed by atoms with Crippen LogP contribution >= 0.6 is 0 Å². The Morgan fingerprint density at radius 1 is 0.448 bits per heavy atom. The third kappa shape index (κ3) is 13.3. The standard InChI is InChI=1S/C23H52O4Si2/c1-15-28(24-20(3,4)5,25-21(6,7)8)18-17-19-29(16-2,26-22(9,10)11)27-23(12,13)14/h15-19H2,1-14H3. The lowest BCUT2D eigenvalue weighted by atomic mass is 10.2. The summed E-state index contributed by atoms with van der Waals surface area (Å²) >= 11 is 0. The van der Waals surface area contributed by atoms with Gasteiger partial charge in [-0.15, -0.1) is 0 Å². The zero-order valence-electron chi connectivity index (χ0n) is 22.2. The van der Waals surface area contributed by atoms with Crippen molar-refractivity contribution < 1.29 is 17.7 Å². The van der Waals surface area contributed by atoms with Crippen molar-refractivity contribution in [3.05, 3.63) is 0 Å². The Morgan fingerprint density at radius 3 is 0.793 bits per heavy atom. The van der Waals surface area contributed by atoms with Crippen molar-refractivity contribution in [2.45, 2.75) is 150 Å². The average Bonchev–Trinajstić information content (AvgIpc) is 2.39. The van der Waals surface area contributed by atoms with Gasteiger partial charge in [-0.3, -0.25) is 0 Å². The minimum atomic E-state index is -2.36. The van der Waals surface area contributed by atoms with Gasteiger partial charge < -0.3 is 17.7 Å². The summed E-state index contributed by atoms with van der Waals surface area (Å²) in [7, 11) is -4.72. The normalized spacial score (nSPS) is 15.1. The lowest BCUT2D eigenvalue weighted by Gasteiger charge is -2.43. The van der Waals surface area contributed by atoms with Gasteiger partial charge in [0.05, 0.1) is 22.4 Å². The van der Waals surface area contributed by atoms with Crippen LogP contribution in [-0.2, 0) is 17.7 Å². The van der Waals surface area contributed by atoms with Crippen molar-refractivity contribution in [3.63, 3.8) is 0 Å². The summed E-state index contributed by atoms with van der Waals surface area (Å²) in [4.78, 5) is 0. The molecular formula is C23H52O4Si2. The van der Waals surface area contributed by atoms with E-state index < -0.39 is 17.1 Å². The van der Waals surface area contributed by atoms with Crippen LogP contribution in [0.1, 0.15) is 103 Å². The van der Waals surface area contributed by atoms with E-state index >= 15 is 0 Å². The molecule has 0 aromatic carbocycles. The van der Waals surface area contributed by atoms with Crippen molar-refractivity contribution in [1.82, 2.24) is 0 Å². The summed E-state index contributed by atoms with van der Waals surface area (Å²) in [5.74, 6) is 0. The molecule has 0 N–H and O–H groups in total. The van der Waals surface area contributed by atoms with E-state index in [-0.39, 0.29) is 22.4 Å². The average molecular weight is 449 g/mol. The molecule has 0 aromatic heterocycles. The zero-order valence-corrected chi connectivity index (χ0v) is 24.2. The summed E-state index contributed by atoms with van der Waals surface area (Å²) in [5, 5.41) is 0. The number of hydrogen-bond donors (Lipinski definition) is 0. The number of rotatable bonds is 10. The Bertz CT molecular complexity index is 403. The van der Waals surface area contributed by atoms with Crippen LogP contribution < -0.4 is 0 Å². The van der Waals surface area contributed by atoms with Gasteiger partial charge in [-0.2, -0.15) is 0 Å². The van der Waals surface area contributed by atoms with Gasteiger partial charge in [0.25, 0.3) is 0 Å². The van der Waals surface area contributed by atoms with Crippen molar-refractivity contribution in [3.8, 4) is 0 Å². The molecule has 0 amide bonds. The molecule has 4 nitrogen and oxygen atoms in total. The summed E-state index contributed by atoms with van der Waals surface area (Å²) in [5.41, 5.74) is -0.847. The van der Waals surface area contributed by atoms with Crippen molar-refractivity contribution >= 4 is 17.1 Å². The lowest BCUT2D eigenvalue weighted by Crippen LogP contribution is -2.53. The molecule has 0 saturated carbocycles. The summed E-state index contributed by atoms with van der Waals surface area (Å²) < 4.78 is 26.6. The molecule has 0 aliphatic heterocycles. The highest BCUT2D eigenvalue weighted by Crippen LogP contribution is 2.36. The lowest BCUT2D eigenvalue weighted by molar-refractivity contribution is 0.0118. The van der Waals surface area contributed by atoms with Crippen LogP contribution in [0.3, 0.4) is 0 Å². The van der Waals surface area contributed by atoms with Crippen LogP contribution in [0.5, 0.6) is 0 Å². The van der Waals surface area contributed by atoms with E-state index in [1.165, 1.54) is 0 Å². The molecule has 0 aliphatic carbocycles. The first-order valence-corrected chi connectivity index (χ1v) is 15.9. The predicted molar refractivity (Wildman–Crippen MR) is 130 cm³/mol. The fraction of sp³-hybridized carbons (Fsp3) is 1.00. The molecule has 0 heterocycles. The summed E-state index contributed by atoms with van der Waals surface area (Å²) in [6.07, 6.45) is 1.01. The van der Waals surface area contributed by atoms with Crippen LogP contribution in [-0.4, -0.2) is 39.5 Å². The quantitative estimate of drug-likeness (QED) is 0.323. The molecule has 29 heavy (non-hydrogen) atoms. The Morgan fingerprint density at radius 2 is 0.655 bits per heavy atom. The molecule has 6 heteroatoms. The maximum Gasteiger partial charge on any atom is 0.338 e. The topological polar surface area (TPSA) is 36.9 Å². The molecular weight excluding hydrogens is 396 g/mol. The first-order chi connectivity index (χ1) is 12.7. The van der Waals surface area contributed by atoms with E-state index in [2.05, 4.69) is 96.9 Å². The predicted octanol–water partition coefficient (Wildman–Crippen LogP) is 7.56. The molecule has 0 saturated heterocycles. The van der Waals surface area contributed by atoms with Crippen molar-refractivity contribution in [2.75, 3.05) is 0 Å². The Hall–Kier alpha value is 0.274. The van der Waals surface area contributed by atoms with Crippen LogP contribution in [0.25, 0.3) is 0 Å². The Labute approximate surface area is 184 Å². The minimum Gasteiger partial charge on any atom is -0.389 e. The van der Waals surface area contributed by atoms with Crippen LogP contribution in [0.4, 0.5) is 0 Å². The SMILES string of the molecule is CC[Si](CCC[Si](CC)(OC(C)(C)C)OC(C)(C)C)(OC(C)(C)C)OC(C)(C)C. The first kappa shape index (κ1) is 29.3. The van der Waals surface area contributed by atoms with E-state index in [9.17, 15) is 0 Å². The van der Waals surface area contributed by atoms with Gasteiger partial charge in [0.15, 0.2) is 0 Å². The fourth-order valence-electron chi connectivity index (χ4n) is 3.75. The molecule has 0 fully saturated rings. The third-order valence-corrected chi connectivity index (χ3v) is 12.5. The summed E-state index contributed by atoms with van der Waals surface area (Å²) in [6.45, 7) is 30.0. The van der Waals surface area contributed by atoms with E-state index in [0.29, 0.717) is 0 Å². The van der Waals surface area contributed by atoms with Crippen LogP contribution in [0, 0.1) is 0 Å². The monoisotopic (exact) mass is 448 g/mol. The fourth-order valence-corrected chi connectivity index (χ4v) is 11.8. The van der Waals surface area contributed by atoms with E-state index in [1.54, 1.807) is 0 Å². The molecule has 0 radical (unpaired) electrons. The molecule has 0 aromatic rings. The van der Waals surface area contributed by atoms with E-state index in [1.807, 2.05) is 0 Å². The molecule has 0 bridgehead atoms. The van der Waals surface area contributed by atoms with Gasteiger partial charge in [-0.05, 0) is 114 Å². The van der Waals surface area contributed by atoms with Crippen molar-refractivity contribution in [1.29, 1.82) is 0 Å². The molecule has 0 atom stereocenters. The molecule has 0 unspecified atom stereocenters. The highest BCUT2D eigenvalue weighted by Gasteiger charge is 2.46. The first-order valence-electron chi connectivity index (χ1n) is 11.5. The molecule has 176 valence electrons. The van der Waals surface area contributed by atoms with Gasteiger partial charge in [0.2, 0.25) is 0 Å². The second-order valence-electron chi connectivity index (χ2n) is 12.2. The maximum atomic E-state index is 6.65. The van der Waals surface area contributed by atoms with Crippen LogP contribution in [0.15, 0.2) is 0 Å². The summed E-state index contributed by atoms with van der Waals surface area (Å²) in [6, 6.07) is 3.83. The van der Waals surface area contributed by atoms with Crippen molar-refractivity contribution in [2.24, 2.45) is 0 Å². The minimum absolute atomic E-state index is 0.212. The third-order valence-electron chi connectivity index (χ3n) is 4.16. The van der Waals surface area contributed by atoms with Gasteiger partial charge in [-0.1, -0.05) is 13.8 Å². The van der Waals surface area contributed by atoms with Gasteiger partial charge >= 0.3 is 17.1 Å². The van der Waals surface area contributed by atoms with Crippen LogP contribution in [0.2, 0.25) is 24.2 Å². The smallest absolute Gasteiger partial charge is 0.338 e. The number of hydrogen-bond acceptors (Lipinski definition) is 4. The Balaban J connectivity index is 5.60.